The van der Waals surface area contributed by atoms with Crippen molar-refractivity contribution in [2.75, 3.05) is 0 Å². The molecule has 0 unspecified atom stereocenters. The Morgan fingerprint density at radius 1 is 0.880 bits per heavy atom. The van der Waals surface area contributed by atoms with Crippen LogP contribution >= 0.6 is 23.2 Å². The lowest BCUT2D eigenvalue weighted by Crippen LogP contribution is -2.00. The average molecular weight is 373 g/mol. The summed E-state index contributed by atoms with van der Waals surface area (Å²) in [5.41, 5.74) is 4.31. The van der Waals surface area contributed by atoms with Crippen LogP contribution in [-0.4, -0.2) is 29.3 Å². The molecule has 126 valence electrons. The number of hydrogen-bond donors (Lipinski definition) is 0. The molecule has 0 bridgehead atoms. The summed E-state index contributed by atoms with van der Waals surface area (Å²) in [6, 6.07) is 7.35. The third kappa shape index (κ3) is 2.94. The van der Waals surface area contributed by atoms with Crippen LogP contribution in [0.1, 0.15) is 0 Å². The zero-order chi connectivity index (χ0) is 17.6. The van der Waals surface area contributed by atoms with Crippen LogP contribution in [0.15, 0.2) is 49.1 Å². The van der Waals surface area contributed by atoms with Gasteiger partial charge in [-0.25, -0.2) is 4.68 Å². The number of benzene rings is 1. The molecule has 0 radical (unpaired) electrons. The van der Waals surface area contributed by atoms with Crippen molar-refractivity contribution in [2.45, 2.75) is 0 Å². The fourth-order valence-corrected chi connectivity index (χ4v) is 3.16. The van der Waals surface area contributed by atoms with Crippen molar-refractivity contribution >= 4 is 23.2 Å². The van der Waals surface area contributed by atoms with Gasteiger partial charge in [-0.2, -0.15) is 15.3 Å². The molecule has 8 heteroatoms. The van der Waals surface area contributed by atoms with Crippen LogP contribution in [0.2, 0.25) is 10.0 Å². The molecule has 25 heavy (non-hydrogen) atoms. The molecular formula is C17H14Cl2N6. The molecule has 0 saturated heterocycles. The van der Waals surface area contributed by atoms with Gasteiger partial charge < -0.3 is 0 Å². The van der Waals surface area contributed by atoms with Crippen LogP contribution < -0.4 is 0 Å². The van der Waals surface area contributed by atoms with Crippen LogP contribution in [0.4, 0.5) is 0 Å². The SMILES string of the molecule is Cn1cc(-c2cc(-c3cnn(C)c3)n(-c3ccc(Cl)cc3Cl)n2)cn1. The summed E-state index contributed by atoms with van der Waals surface area (Å²) in [5.74, 6) is 0. The Morgan fingerprint density at radius 2 is 1.56 bits per heavy atom. The highest BCUT2D eigenvalue weighted by atomic mass is 35.5. The van der Waals surface area contributed by atoms with E-state index in [9.17, 15) is 0 Å². The van der Waals surface area contributed by atoms with Gasteiger partial charge in [-0.05, 0) is 24.3 Å². The van der Waals surface area contributed by atoms with Gasteiger partial charge in [-0.15, -0.1) is 0 Å². The molecule has 0 fully saturated rings. The second kappa shape index (κ2) is 6.06. The first-order valence-corrected chi connectivity index (χ1v) is 8.30. The highest BCUT2D eigenvalue weighted by Gasteiger charge is 2.17. The summed E-state index contributed by atoms with van der Waals surface area (Å²) < 4.78 is 5.30. The van der Waals surface area contributed by atoms with Crippen molar-refractivity contribution in [3.8, 4) is 28.2 Å². The Bertz CT molecular complexity index is 1060. The maximum Gasteiger partial charge on any atom is 0.0965 e. The lowest BCUT2D eigenvalue weighted by atomic mass is 10.2. The van der Waals surface area contributed by atoms with E-state index in [1.54, 1.807) is 38.6 Å². The lowest BCUT2D eigenvalue weighted by Gasteiger charge is -2.08. The Balaban J connectivity index is 1.93. The van der Waals surface area contributed by atoms with Crippen LogP contribution in [0.5, 0.6) is 0 Å². The summed E-state index contributed by atoms with van der Waals surface area (Å²) in [6.07, 6.45) is 7.43. The number of halogens is 2. The van der Waals surface area contributed by atoms with Gasteiger partial charge in [-0.1, -0.05) is 23.2 Å². The van der Waals surface area contributed by atoms with Gasteiger partial charge in [0.15, 0.2) is 0 Å². The predicted molar refractivity (Wildman–Crippen MR) is 98.0 cm³/mol. The molecule has 3 heterocycles. The van der Waals surface area contributed by atoms with Crippen molar-refractivity contribution in [3.63, 3.8) is 0 Å². The first-order valence-electron chi connectivity index (χ1n) is 7.55. The maximum absolute atomic E-state index is 6.41. The Labute approximate surface area is 154 Å². The van der Waals surface area contributed by atoms with E-state index < -0.39 is 0 Å². The van der Waals surface area contributed by atoms with E-state index in [0.717, 1.165) is 28.2 Å². The molecule has 4 aromatic rings. The van der Waals surface area contributed by atoms with E-state index in [0.29, 0.717) is 10.0 Å². The minimum Gasteiger partial charge on any atom is -0.275 e. The smallest absolute Gasteiger partial charge is 0.0965 e. The largest absolute Gasteiger partial charge is 0.275 e. The number of hydrogen-bond acceptors (Lipinski definition) is 3. The molecule has 4 rings (SSSR count). The monoisotopic (exact) mass is 372 g/mol. The fraction of sp³-hybridized carbons (Fsp3) is 0.118. The average Bonchev–Trinajstić information content (AvgIpc) is 3.26. The Kier molecular flexibility index (Phi) is 3.86. The highest BCUT2D eigenvalue weighted by Crippen LogP contribution is 2.32. The third-order valence-corrected chi connectivity index (χ3v) is 4.39. The van der Waals surface area contributed by atoms with E-state index in [1.165, 1.54) is 0 Å². The van der Waals surface area contributed by atoms with Crippen LogP contribution in [0.3, 0.4) is 0 Å². The number of aryl methyl sites for hydroxylation is 2. The van der Waals surface area contributed by atoms with E-state index in [-0.39, 0.29) is 0 Å². The topological polar surface area (TPSA) is 53.5 Å². The van der Waals surface area contributed by atoms with Gasteiger partial charge >= 0.3 is 0 Å². The van der Waals surface area contributed by atoms with Gasteiger partial charge in [0.25, 0.3) is 0 Å². The molecule has 0 aliphatic rings. The minimum atomic E-state index is 0.526. The Morgan fingerprint density at radius 3 is 2.16 bits per heavy atom. The van der Waals surface area contributed by atoms with Gasteiger partial charge in [0.2, 0.25) is 0 Å². The number of aromatic nitrogens is 6. The van der Waals surface area contributed by atoms with Crippen molar-refractivity contribution in [1.82, 2.24) is 29.3 Å². The maximum atomic E-state index is 6.41. The zero-order valence-corrected chi connectivity index (χ0v) is 15.1. The van der Waals surface area contributed by atoms with Gasteiger partial charge in [0, 0.05) is 42.6 Å². The summed E-state index contributed by atoms with van der Waals surface area (Å²) >= 11 is 12.4. The van der Waals surface area contributed by atoms with Crippen molar-refractivity contribution < 1.29 is 0 Å². The molecule has 0 amide bonds. The molecule has 0 aliphatic carbocycles. The molecule has 0 spiro atoms. The quantitative estimate of drug-likeness (QED) is 0.546. The summed E-state index contributed by atoms with van der Waals surface area (Å²) in [4.78, 5) is 0. The third-order valence-electron chi connectivity index (χ3n) is 3.85. The van der Waals surface area contributed by atoms with E-state index in [1.807, 2.05) is 38.6 Å². The molecule has 0 saturated carbocycles. The normalized spacial score (nSPS) is 11.2. The highest BCUT2D eigenvalue weighted by molar-refractivity contribution is 6.35. The van der Waals surface area contributed by atoms with Crippen LogP contribution in [0.25, 0.3) is 28.2 Å². The molecule has 3 aromatic heterocycles. The standard InChI is InChI=1S/C17H14Cl2N6/c1-23-9-11(7-20-23)15-6-17(12-8-21-24(2)10-12)25(22-15)16-4-3-13(18)5-14(16)19/h3-10H,1-2H3. The fourth-order valence-electron chi connectivity index (χ4n) is 2.67. The summed E-state index contributed by atoms with van der Waals surface area (Å²) in [6.45, 7) is 0. The summed E-state index contributed by atoms with van der Waals surface area (Å²) in [7, 11) is 3.75. The Hall–Kier alpha value is -2.57. The van der Waals surface area contributed by atoms with Crippen LogP contribution in [0, 0.1) is 0 Å². The zero-order valence-electron chi connectivity index (χ0n) is 13.6. The van der Waals surface area contributed by atoms with E-state index in [2.05, 4.69) is 10.2 Å². The van der Waals surface area contributed by atoms with E-state index >= 15 is 0 Å². The second-order valence-corrected chi connectivity index (χ2v) is 6.57. The molecule has 1 aromatic carbocycles. The van der Waals surface area contributed by atoms with Crippen molar-refractivity contribution in [3.05, 3.63) is 59.1 Å². The van der Waals surface area contributed by atoms with Crippen molar-refractivity contribution in [1.29, 1.82) is 0 Å². The van der Waals surface area contributed by atoms with Crippen molar-refractivity contribution in [2.24, 2.45) is 14.1 Å². The predicted octanol–water partition coefficient (Wildman–Crippen LogP) is 3.98. The molecule has 0 atom stereocenters. The number of nitrogens with zero attached hydrogens (tertiary/aromatic N) is 6. The first kappa shape index (κ1) is 15.9. The van der Waals surface area contributed by atoms with Gasteiger partial charge in [0.1, 0.15) is 0 Å². The number of rotatable bonds is 3. The van der Waals surface area contributed by atoms with Gasteiger partial charge in [-0.3, -0.25) is 9.36 Å². The van der Waals surface area contributed by atoms with E-state index in [4.69, 9.17) is 28.3 Å². The molecule has 6 nitrogen and oxygen atoms in total. The molecule has 0 aliphatic heterocycles. The molecule has 0 N–H and O–H groups in total. The summed E-state index contributed by atoms with van der Waals surface area (Å²) in [5, 5.41) is 14.3. The van der Waals surface area contributed by atoms with Gasteiger partial charge in [0.05, 0.1) is 34.5 Å². The molecular weight excluding hydrogens is 359 g/mol. The first-order chi connectivity index (χ1) is 12.0. The van der Waals surface area contributed by atoms with Crippen LogP contribution in [-0.2, 0) is 14.1 Å². The minimum absolute atomic E-state index is 0.526. The second-order valence-electron chi connectivity index (χ2n) is 5.73. The lowest BCUT2D eigenvalue weighted by molar-refractivity contribution is 0.767.